The Bertz CT molecular complexity index is 490. The van der Waals surface area contributed by atoms with Crippen LogP contribution < -0.4 is 10.6 Å². The summed E-state index contributed by atoms with van der Waals surface area (Å²) in [6.45, 7) is 4.12. The number of hydrogen-bond acceptors (Lipinski definition) is 3. The molecular weight excluding hydrogens is 272 g/mol. The summed E-state index contributed by atoms with van der Waals surface area (Å²) < 4.78 is 5.02. The summed E-state index contributed by atoms with van der Waals surface area (Å²) in [5.74, 6) is -1.18. The number of benzene rings is 1. The standard InChI is InChI=1S/C15H22N2O4/c1-4-10(2)13(14(18)19)17-15(20)16-12-7-5-6-11(8-12)9-21-3/h5-8,10,13H,4,9H2,1-3H3,(H,18,19)(H2,16,17,20). The molecule has 0 saturated carbocycles. The van der Waals surface area contributed by atoms with Crippen LogP contribution in [-0.2, 0) is 16.1 Å². The van der Waals surface area contributed by atoms with Gasteiger partial charge in [-0.05, 0) is 23.6 Å². The summed E-state index contributed by atoms with van der Waals surface area (Å²) in [6.07, 6.45) is 0.667. The van der Waals surface area contributed by atoms with E-state index in [-0.39, 0.29) is 5.92 Å². The number of anilines is 1. The summed E-state index contributed by atoms with van der Waals surface area (Å²) in [5.41, 5.74) is 1.52. The van der Waals surface area contributed by atoms with E-state index in [9.17, 15) is 9.59 Å². The van der Waals surface area contributed by atoms with Crippen molar-refractivity contribution >= 4 is 17.7 Å². The van der Waals surface area contributed by atoms with Crippen LogP contribution in [0.1, 0.15) is 25.8 Å². The zero-order valence-corrected chi connectivity index (χ0v) is 12.6. The Balaban J connectivity index is 2.67. The Morgan fingerprint density at radius 3 is 2.67 bits per heavy atom. The van der Waals surface area contributed by atoms with E-state index in [0.29, 0.717) is 18.7 Å². The third kappa shape index (κ3) is 5.43. The average molecular weight is 294 g/mol. The highest BCUT2D eigenvalue weighted by Crippen LogP contribution is 2.12. The Morgan fingerprint density at radius 2 is 2.10 bits per heavy atom. The SMILES string of the molecule is CCC(C)C(NC(=O)Nc1cccc(COC)c1)C(=O)O. The van der Waals surface area contributed by atoms with Gasteiger partial charge in [-0.1, -0.05) is 32.4 Å². The fourth-order valence-electron chi connectivity index (χ4n) is 1.90. The van der Waals surface area contributed by atoms with Crippen LogP contribution in [0, 0.1) is 5.92 Å². The largest absolute Gasteiger partial charge is 0.480 e. The Hall–Kier alpha value is -2.08. The first-order valence-corrected chi connectivity index (χ1v) is 6.86. The molecule has 1 aromatic carbocycles. The number of carboxylic acids is 1. The molecule has 3 N–H and O–H groups in total. The summed E-state index contributed by atoms with van der Waals surface area (Å²) in [4.78, 5) is 23.1. The molecule has 2 unspecified atom stereocenters. The van der Waals surface area contributed by atoms with Crippen molar-refractivity contribution in [3.05, 3.63) is 29.8 Å². The molecule has 0 fully saturated rings. The van der Waals surface area contributed by atoms with Crippen LogP contribution in [-0.4, -0.2) is 30.3 Å². The van der Waals surface area contributed by atoms with E-state index in [1.54, 1.807) is 32.2 Å². The fourth-order valence-corrected chi connectivity index (χ4v) is 1.90. The van der Waals surface area contributed by atoms with Gasteiger partial charge in [0.15, 0.2) is 0 Å². The van der Waals surface area contributed by atoms with Gasteiger partial charge in [0.05, 0.1) is 6.61 Å². The Labute approximate surface area is 124 Å². The van der Waals surface area contributed by atoms with Crippen molar-refractivity contribution in [1.82, 2.24) is 5.32 Å². The van der Waals surface area contributed by atoms with Crippen molar-refractivity contribution in [2.75, 3.05) is 12.4 Å². The number of hydrogen-bond donors (Lipinski definition) is 3. The third-order valence-electron chi connectivity index (χ3n) is 3.26. The van der Waals surface area contributed by atoms with Crippen molar-refractivity contribution in [1.29, 1.82) is 0 Å². The first kappa shape index (κ1) is 17.0. The van der Waals surface area contributed by atoms with Gasteiger partial charge < -0.3 is 20.5 Å². The van der Waals surface area contributed by atoms with E-state index < -0.39 is 18.0 Å². The van der Waals surface area contributed by atoms with Crippen molar-refractivity contribution < 1.29 is 19.4 Å². The molecule has 0 aromatic heterocycles. The number of carbonyl (C=O) groups is 2. The van der Waals surface area contributed by atoms with Gasteiger partial charge in [-0.2, -0.15) is 0 Å². The summed E-state index contributed by atoms with van der Waals surface area (Å²) in [5, 5.41) is 14.3. The van der Waals surface area contributed by atoms with Crippen LogP contribution in [0.4, 0.5) is 10.5 Å². The number of ether oxygens (including phenoxy) is 1. The number of carboxylic acid groups (broad SMARTS) is 1. The number of urea groups is 1. The second-order valence-corrected chi connectivity index (χ2v) is 4.93. The van der Waals surface area contributed by atoms with E-state index in [1.807, 2.05) is 13.0 Å². The maximum atomic E-state index is 11.9. The number of carbonyl (C=O) groups excluding carboxylic acids is 1. The van der Waals surface area contributed by atoms with E-state index in [4.69, 9.17) is 9.84 Å². The summed E-state index contributed by atoms with van der Waals surface area (Å²) in [6, 6.07) is 5.76. The first-order valence-electron chi connectivity index (χ1n) is 6.86. The van der Waals surface area contributed by atoms with Gasteiger partial charge in [-0.15, -0.1) is 0 Å². The highest BCUT2D eigenvalue weighted by Gasteiger charge is 2.25. The van der Waals surface area contributed by atoms with Crippen LogP contribution in [0.3, 0.4) is 0 Å². The molecule has 116 valence electrons. The molecule has 0 heterocycles. The van der Waals surface area contributed by atoms with Crippen LogP contribution in [0.25, 0.3) is 0 Å². The lowest BCUT2D eigenvalue weighted by Crippen LogP contribution is -2.46. The van der Waals surface area contributed by atoms with Crippen LogP contribution in [0.15, 0.2) is 24.3 Å². The molecule has 1 aromatic rings. The molecule has 21 heavy (non-hydrogen) atoms. The maximum absolute atomic E-state index is 11.9. The van der Waals surface area contributed by atoms with Crippen molar-refractivity contribution in [3.8, 4) is 0 Å². The second-order valence-electron chi connectivity index (χ2n) is 4.93. The van der Waals surface area contributed by atoms with Crippen LogP contribution in [0.2, 0.25) is 0 Å². The molecule has 0 saturated heterocycles. The van der Waals surface area contributed by atoms with Gasteiger partial charge in [0.1, 0.15) is 6.04 Å². The highest BCUT2D eigenvalue weighted by molar-refractivity contribution is 5.92. The summed E-state index contributed by atoms with van der Waals surface area (Å²) >= 11 is 0. The molecule has 0 radical (unpaired) electrons. The molecule has 0 aliphatic carbocycles. The molecule has 6 nitrogen and oxygen atoms in total. The average Bonchev–Trinajstić information content (AvgIpc) is 2.44. The normalized spacial score (nSPS) is 13.3. The zero-order valence-electron chi connectivity index (χ0n) is 12.6. The molecule has 2 atom stereocenters. The van der Waals surface area contributed by atoms with Crippen molar-refractivity contribution in [3.63, 3.8) is 0 Å². The van der Waals surface area contributed by atoms with Gasteiger partial charge in [-0.25, -0.2) is 9.59 Å². The Morgan fingerprint density at radius 1 is 1.38 bits per heavy atom. The molecule has 1 rings (SSSR count). The van der Waals surface area contributed by atoms with Crippen molar-refractivity contribution in [2.24, 2.45) is 5.92 Å². The molecule has 0 aliphatic heterocycles. The van der Waals surface area contributed by atoms with Crippen LogP contribution in [0.5, 0.6) is 0 Å². The van der Waals surface area contributed by atoms with E-state index in [2.05, 4.69) is 10.6 Å². The first-order chi connectivity index (χ1) is 9.97. The summed E-state index contributed by atoms with van der Waals surface area (Å²) in [7, 11) is 1.59. The minimum atomic E-state index is -1.03. The number of methoxy groups -OCH3 is 1. The number of aliphatic carboxylic acids is 1. The van der Waals surface area contributed by atoms with Gasteiger partial charge in [0, 0.05) is 12.8 Å². The monoisotopic (exact) mass is 294 g/mol. The maximum Gasteiger partial charge on any atom is 0.326 e. The highest BCUT2D eigenvalue weighted by atomic mass is 16.5. The minimum Gasteiger partial charge on any atom is -0.480 e. The number of nitrogens with one attached hydrogen (secondary N) is 2. The van der Waals surface area contributed by atoms with E-state index >= 15 is 0 Å². The zero-order chi connectivity index (χ0) is 15.8. The molecule has 2 amide bonds. The lowest BCUT2D eigenvalue weighted by molar-refractivity contribution is -0.140. The number of amides is 2. The Kier molecular flexibility index (Phi) is 6.68. The van der Waals surface area contributed by atoms with Gasteiger partial charge in [-0.3, -0.25) is 0 Å². The smallest absolute Gasteiger partial charge is 0.326 e. The van der Waals surface area contributed by atoms with Crippen molar-refractivity contribution in [2.45, 2.75) is 32.9 Å². The molecular formula is C15H22N2O4. The molecule has 6 heteroatoms. The lowest BCUT2D eigenvalue weighted by atomic mass is 9.99. The fraction of sp³-hybridized carbons (Fsp3) is 0.467. The van der Waals surface area contributed by atoms with E-state index in [0.717, 1.165) is 5.56 Å². The molecule has 0 bridgehead atoms. The van der Waals surface area contributed by atoms with Gasteiger partial charge in [0.2, 0.25) is 0 Å². The van der Waals surface area contributed by atoms with Gasteiger partial charge in [0.25, 0.3) is 0 Å². The van der Waals surface area contributed by atoms with E-state index in [1.165, 1.54) is 0 Å². The van der Waals surface area contributed by atoms with Gasteiger partial charge >= 0.3 is 12.0 Å². The lowest BCUT2D eigenvalue weighted by Gasteiger charge is -2.20. The molecule has 0 spiro atoms. The second kappa shape index (κ2) is 8.26. The predicted octanol–water partition coefficient (Wildman–Crippen LogP) is 2.45. The quantitative estimate of drug-likeness (QED) is 0.721. The minimum absolute atomic E-state index is 0.145. The number of rotatable bonds is 7. The molecule has 0 aliphatic rings. The van der Waals surface area contributed by atoms with Crippen LogP contribution >= 0.6 is 0 Å². The third-order valence-corrected chi connectivity index (χ3v) is 3.26. The predicted molar refractivity (Wildman–Crippen MR) is 80.2 cm³/mol. The topological polar surface area (TPSA) is 87.7 Å².